The van der Waals surface area contributed by atoms with Crippen LogP contribution in [-0.4, -0.2) is 0 Å². The number of benzene rings is 2. The van der Waals surface area contributed by atoms with Gasteiger partial charge in [-0.3, -0.25) is 0 Å². The fraction of sp³-hybridized carbons (Fsp3) is 0.158. The van der Waals surface area contributed by atoms with Gasteiger partial charge in [0.1, 0.15) is 11.2 Å². The van der Waals surface area contributed by atoms with Crippen molar-refractivity contribution < 1.29 is 4.42 Å². The van der Waals surface area contributed by atoms with Crippen molar-refractivity contribution in [1.82, 2.24) is 0 Å². The minimum atomic E-state index is 0.0882. The maximum absolute atomic E-state index is 5.95. The van der Waals surface area contributed by atoms with Crippen molar-refractivity contribution >= 4 is 34.1 Å². The number of hydrogen-bond donors (Lipinski definition) is 0. The van der Waals surface area contributed by atoms with Crippen molar-refractivity contribution in [2.45, 2.75) is 13.8 Å². The zero-order valence-corrected chi connectivity index (χ0v) is 11.7. The molecule has 0 aliphatic heterocycles. The maximum atomic E-state index is 5.95. The molecule has 1 aliphatic carbocycles. The first-order chi connectivity index (χ1) is 9.64. The number of hydrogen-bond acceptors (Lipinski definition) is 1. The van der Waals surface area contributed by atoms with Gasteiger partial charge in [-0.1, -0.05) is 62.4 Å². The Bertz CT molecular complexity index is 875. The highest BCUT2D eigenvalue weighted by atomic mass is 16.3. The van der Waals surface area contributed by atoms with E-state index in [9.17, 15) is 0 Å². The monoisotopic (exact) mass is 260 g/mol. The Labute approximate surface area is 118 Å². The Balaban J connectivity index is 2.15. The second kappa shape index (κ2) is 3.86. The highest BCUT2D eigenvalue weighted by Crippen LogP contribution is 2.37. The molecule has 0 atom stereocenters. The van der Waals surface area contributed by atoms with Crippen LogP contribution >= 0.6 is 0 Å². The second-order valence-electron chi connectivity index (χ2n) is 6.03. The Morgan fingerprint density at radius 2 is 1.65 bits per heavy atom. The summed E-state index contributed by atoms with van der Waals surface area (Å²) < 4.78 is 5.95. The van der Waals surface area contributed by atoms with Crippen LogP contribution in [0.2, 0.25) is 0 Å². The van der Waals surface area contributed by atoms with Gasteiger partial charge in [-0.25, -0.2) is 0 Å². The molecule has 1 heteroatoms. The van der Waals surface area contributed by atoms with E-state index >= 15 is 0 Å². The summed E-state index contributed by atoms with van der Waals surface area (Å²) in [7, 11) is 0. The SMILES string of the molecule is CC1(C)C=Cc2ccc3oc4ccccc4c3c2C=C1. The summed E-state index contributed by atoms with van der Waals surface area (Å²) in [4.78, 5) is 0. The van der Waals surface area contributed by atoms with E-state index < -0.39 is 0 Å². The average Bonchev–Trinajstić information content (AvgIpc) is 2.74. The van der Waals surface area contributed by atoms with Crippen LogP contribution < -0.4 is 0 Å². The Hall–Kier alpha value is -2.28. The lowest BCUT2D eigenvalue weighted by Crippen LogP contribution is -1.99. The molecule has 1 heterocycles. The second-order valence-corrected chi connectivity index (χ2v) is 6.03. The van der Waals surface area contributed by atoms with Crippen molar-refractivity contribution in [3.63, 3.8) is 0 Å². The lowest BCUT2D eigenvalue weighted by Gasteiger charge is -2.12. The molecule has 2 aromatic carbocycles. The molecule has 0 fully saturated rings. The fourth-order valence-electron chi connectivity index (χ4n) is 2.84. The number of rotatable bonds is 0. The van der Waals surface area contributed by atoms with Gasteiger partial charge >= 0.3 is 0 Å². The predicted octanol–water partition coefficient (Wildman–Crippen LogP) is 5.65. The average molecular weight is 260 g/mol. The van der Waals surface area contributed by atoms with E-state index in [-0.39, 0.29) is 5.41 Å². The molecule has 1 aromatic heterocycles. The van der Waals surface area contributed by atoms with Gasteiger partial charge in [0, 0.05) is 16.2 Å². The summed E-state index contributed by atoms with van der Waals surface area (Å²) >= 11 is 0. The summed E-state index contributed by atoms with van der Waals surface area (Å²) in [5, 5.41) is 2.41. The van der Waals surface area contributed by atoms with E-state index in [1.165, 1.54) is 21.9 Å². The molecule has 20 heavy (non-hydrogen) atoms. The van der Waals surface area contributed by atoms with Gasteiger partial charge < -0.3 is 4.42 Å². The molecular weight excluding hydrogens is 244 g/mol. The minimum absolute atomic E-state index is 0.0882. The van der Waals surface area contributed by atoms with E-state index in [4.69, 9.17) is 4.42 Å². The smallest absolute Gasteiger partial charge is 0.136 e. The summed E-state index contributed by atoms with van der Waals surface area (Å²) in [5.74, 6) is 0. The van der Waals surface area contributed by atoms with Gasteiger partial charge in [0.05, 0.1) is 0 Å². The quantitative estimate of drug-likeness (QED) is 0.509. The van der Waals surface area contributed by atoms with Gasteiger partial charge in [0.15, 0.2) is 0 Å². The van der Waals surface area contributed by atoms with Crippen LogP contribution in [0, 0.1) is 5.41 Å². The van der Waals surface area contributed by atoms with Crippen molar-refractivity contribution in [2.75, 3.05) is 0 Å². The van der Waals surface area contributed by atoms with Gasteiger partial charge in [0.25, 0.3) is 0 Å². The largest absolute Gasteiger partial charge is 0.456 e. The van der Waals surface area contributed by atoms with Crippen LogP contribution in [0.4, 0.5) is 0 Å². The molecule has 4 rings (SSSR count). The summed E-state index contributed by atoms with van der Waals surface area (Å²) in [6.45, 7) is 4.44. The molecule has 0 saturated carbocycles. The van der Waals surface area contributed by atoms with Gasteiger partial charge in [-0.2, -0.15) is 0 Å². The van der Waals surface area contributed by atoms with Gasteiger partial charge in [-0.05, 0) is 23.3 Å². The van der Waals surface area contributed by atoms with Crippen LogP contribution in [0.3, 0.4) is 0 Å². The first kappa shape index (κ1) is 11.5. The lowest BCUT2D eigenvalue weighted by atomic mass is 9.93. The van der Waals surface area contributed by atoms with Crippen LogP contribution in [-0.2, 0) is 0 Å². The molecule has 0 spiro atoms. The summed E-state index contributed by atoms with van der Waals surface area (Å²) in [6, 6.07) is 12.5. The summed E-state index contributed by atoms with van der Waals surface area (Å²) in [5.41, 5.74) is 4.52. The van der Waals surface area contributed by atoms with E-state index in [0.29, 0.717) is 0 Å². The number of para-hydroxylation sites is 1. The van der Waals surface area contributed by atoms with Crippen LogP contribution in [0.5, 0.6) is 0 Å². The van der Waals surface area contributed by atoms with E-state index in [1.54, 1.807) is 0 Å². The standard InChI is InChI=1S/C19H16O/c1-19(2)11-9-13-7-8-17-18(14(13)10-12-19)15-5-3-4-6-16(15)20-17/h3-12H,1-2H3. The van der Waals surface area contributed by atoms with Crippen molar-refractivity contribution in [3.05, 3.63) is 59.7 Å². The minimum Gasteiger partial charge on any atom is -0.456 e. The molecule has 0 amide bonds. The first-order valence-corrected chi connectivity index (χ1v) is 6.97. The van der Waals surface area contributed by atoms with Gasteiger partial charge in [0.2, 0.25) is 0 Å². The topological polar surface area (TPSA) is 13.1 Å². The fourth-order valence-corrected chi connectivity index (χ4v) is 2.84. The third-order valence-electron chi connectivity index (χ3n) is 3.99. The van der Waals surface area contributed by atoms with Crippen molar-refractivity contribution in [2.24, 2.45) is 5.41 Å². The molecule has 0 bridgehead atoms. The molecule has 3 aromatic rings. The molecule has 98 valence electrons. The maximum Gasteiger partial charge on any atom is 0.136 e. The molecule has 0 saturated heterocycles. The third-order valence-corrected chi connectivity index (χ3v) is 3.99. The van der Waals surface area contributed by atoms with Crippen molar-refractivity contribution in [1.29, 1.82) is 0 Å². The number of fused-ring (bicyclic) bond motifs is 5. The van der Waals surface area contributed by atoms with Crippen LogP contribution in [0.15, 0.2) is 53.0 Å². The molecule has 0 N–H and O–H groups in total. The first-order valence-electron chi connectivity index (χ1n) is 6.97. The summed E-state index contributed by atoms with van der Waals surface area (Å²) in [6.07, 6.45) is 8.97. The zero-order chi connectivity index (χ0) is 13.7. The molecule has 1 aliphatic rings. The van der Waals surface area contributed by atoms with Crippen molar-refractivity contribution in [3.8, 4) is 0 Å². The number of furan rings is 1. The third kappa shape index (κ3) is 1.63. The Morgan fingerprint density at radius 3 is 2.55 bits per heavy atom. The van der Waals surface area contributed by atoms with E-state index in [2.05, 4.69) is 62.4 Å². The Kier molecular flexibility index (Phi) is 2.23. The molecule has 1 nitrogen and oxygen atoms in total. The zero-order valence-electron chi connectivity index (χ0n) is 11.7. The predicted molar refractivity (Wildman–Crippen MR) is 85.6 cm³/mol. The van der Waals surface area contributed by atoms with Crippen LogP contribution in [0.25, 0.3) is 34.1 Å². The van der Waals surface area contributed by atoms with Gasteiger partial charge in [-0.15, -0.1) is 0 Å². The highest BCUT2D eigenvalue weighted by molar-refractivity contribution is 6.10. The van der Waals surface area contributed by atoms with Crippen LogP contribution in [0.1, 0.15) is 25.0 Å². The normalized spacial score (nSPS) is 16.5. The molecule has 0 radical (unpaired) electrons. The Morgan fingerprint density at radius 1 is 0.850 bits per heavy atom. The molecule has 0 unspecified atom stereocenters. The van der Waals surface area contributed by atoms with E-state index in [0.717, 1.165) is 11.2 Å². The molecular formula is C19H16O. The lowest BCUT2D eigenvalue weighted by molar-refractivity contribution is 0.633. The highest BCUT2D eigenvalue weighted by Gasteiger charge is 2.16. The number of allylic oxidation sites excluding steroid dienone is 2. The van der Waals surface area contributed by atoms with E-state index in [1.807, 2.05) is 12.1 Å².